The third kappa shape index (κ3) is 6.40. The summed E-state index contributed by atoms with van der Waals surface area (Å²) in [5.41, 5.74) is 8.65. The van der Waals surface area contributed by atoms with Gasteiger partial charge in [-0.25, -0.2) is 9.18 Å². The minimum absolute atomic E-state index is 0.00683. The maximum atomic E-state index is 14.1. The summed E-state index contributed by atoms with van der Waals surface area (Å²) >= 11 is 0. The number of anilines is 1. The van der Waals surface area contributed by atoms with Crippen molar-refractivity contribution >= 4 is 29.0 Å². The van der Waals surface area contributed by atoms with Crippen LogP contribution in [0.5, 0.6) is 0 Å². The number of benzene rings is 1. The second-order valence-electron chi connectivity index (χ2n) is 9.88. The summed E-state index contributed by atoms with van der Waals surface area (Å²) < 4.78 is 19.3. The van der Waals surface area contributed by atoms with Crippen LogP contribution in [-0.2, 0) is 20.9 Å². The molecule has 0 bridgehead atoms. The quantitative estimate of drug-likeness (QED) is 0.465. The van der Waals surface area contributed by atoms with Gasteiger partial charge >= 0.3 is 5.97 Å². The smallest absolute Gasteiger partial charge is 0.328 e. The zero-order valence-electron chi connectivity index (χ0n) is 21.9. The Morgan fingerprint density at radius 1 is 1.33 bits per heavy atom. The molecule has 2 atom stereocenters. The number of nitrogens with two attached hydrogens (primary N) is 1. The maximum absolute atomic E-state index is 14.1. The minimum atomic E-state index is -0.653. The lowest BCUT2D eigenvalue weighted by Gasteiger charge is -2.33. The molecule has 0 saturated carbocycles. The van der Waals surface area contributed by atoms with E-state index in [4.69, 9.17) is 10.5 Å². The molecule has 4 rings (SSSR count). The molecule has 1 aromatic carbocycles. The first-order chi connectivity index (χ1) is 18.7. The average molecular weight is 534 g/mol. The van der Waals surface area contributed by atoms with E-state index in [0.717, 1.165) is 11.8 Å². The number of nitrogens with one attached hydrogen (secondary N) is 2. The summed E-state index contributed by atoms with van der Waals surface area (Å²) in [6.45, 7) is 8.48. The van der Waals surface area contributed by atoms with Crippen molar-refractivity contribution < 1.29 is 23.5 Å². The Kier molecular flexibility index (Phi) is 8.55. The minimum Gasteiger partial charge on any atom is -0.464 e. The van der Waals surface area contributed by atoms with E-state index < -0.39 is 23.8 Å². The van der Waals surface area contributed by atoms with Gasteiger partial charge in [-0.1, -0.05) is 26.5 Å². The zero-order chi connectivity index (χ0) is 28.1. The molecule has 2 aliphatic rings. The molecule has 2 amide bonds. The average Bonchev–Trinajstić information content (AvgIpc) is 3.34. The molecular weight excluding hydrogens is 501 g/mol. The Balaban J connectivity index is 1.74. The second kappa shape index (κ2) is 12.0. The van der Waals surface area contributed by atoms with E-state index in [1.807, 2.05) is 13.8 Å². The molecule has 9 nitrogen and oxygen atoms in total. The van der Waals surface area contributed by atoms with E-state index in [0.29, 0.717) is 29.7 Å². The summed E-state index contributed by atoms with van der Waals surface area (Å²) in [5.74, 6) is -1.64. The summed E-state index contributed by atoms with van der Waals surface area (Å²) in [4.78, 5) is 44.3. The molecule has 3 heterocycles. The van der Waals surface area contributed by atoms with Crippen LogP contribution in [0, 0.1) is 11.7 Å². The number of hydrogen-bond acceptors (Lipinski definition) is 7. The number of hydrogen-bond donors (Lipinski definition) is 3. The molecule has 2 aliphatic heterocycles. The van der Waals surface area contributed by atoms with Gasteiger partial charge in [-0.05, 0) is 59.4 Å². The summed E-state index contributed by atoms with van der Waals surface area (Å²) in [6, 6.07) is 5.13. The predicted molar refractivity (Wildman–Crippen MR) is 145 cm³/mol. The predicted octanol–water partition coefficient (Wildman–Crippen LogP) is 3.50. The van der Waals surface area contributed by atoms with Gasteiger partial charge in [-0.15, -0.1) is 0 Å². The fourth-order valence-electron chi connectivity index (χ4n) is 4.67. The summed E-state index contributed by atoms with van der Waals surface area (Å²) in [7, 11) is 0. The normalized spacial score (nSPS) is 19.7. The zero-order valence-corrected chi connectivity index (χ0v) is 21.9. The SMILES string of the molecule is C=C1C=C(c2cc(C(=O)Nc3ccncc3F)ccc2CN)C=CN(C2CCOC2=O)C(CC(C)C)C(=O)N1. The number of allylic oxidation sites excluding steroid dienone is 3. The number of ether oxygens (including phenoxy) is 1. The highest BCUT2D eigenvalue weighted by molar-refractivity contribution is 6.05. The molecular formula is C29H32FN5O4. The van der Waals surface area contributed by atoms with Crippen LogP contribution in [0.25, 0.3) is 5.57 Å². The first kappa shape index (κ1) is 27.7. The van der Waals surface area contributed by atoms with Gasteiger partial charge in [0.1, 0.15) is 12.1 Å². The molecule has 204 valence electrons. The number of amides is 2. The van der Waals surface area contributed by atoms with Crippen LogP contribution in [0.4, 0.5) is 10.1 Å². The molecule has 0 aliphatic carbocycles. The van der Waals surface area contributed by atoms with E-state index in [9.17, 15) is 18.8 Å². The molecule has 10 heteroatoms. The fraction of sp³-hybridized carbons (Fsp3) is 0.310. The van der Waals surface area contributed by atoms with Crippen LogP contribution in [0.15, 0.2) is 67.3 Å². The van der Waals surface area contributed by atoms with Crippen molar-refractivity contribution in [1.29, 1.82) is 0 Å². The molecule has 39 heavy (non-hydrogen) atoms. The Hall–Kier alpha value is -4.31. The molecule has 1 fully saturated rings. The highest BCUT2D eigenvalue weighted by Crippen LogP contribution is 2.28. The van der Waals surface area contributed by atoms with E-state index in [-0.39, 0.29) is 42.2 Å². The van der Waals surface area contributed by atoms with E-state index >= 15 is 0 Å². The van der Waals surface area contributed by atoms with Crippen LogP contribution < -0.4 is 16.4 Å². The summed E-state index contributed by atoms with van der Waals surface area (Å²) in [5, 5.41) is 5.41. The van der Waals surface area contributed by atoms with E-state index in [2.05, 4.69) is 22.2 Å². The van der Waals surface area contributed by atoms with Gasteiger partial charge in [-0.3, -0.25) is 14.6 Å². The number of esters is 1. The van der Waals surface area contributed by atoms with Crippen molar-refractivity contribution in [2.75, 3.05) is 11.9 Å². The number of rotatable bonds is 7. The molecule has 2 aromatic rings. The molecule has 0 radical (unpaired) electrons. The molecule has 4 N–H and O–H groups in total. The van der Waals surface area contributed by atoms with Gasteiger partial charge in [0.15, 0.2) is 5.82 Å². The van der Waals surface area contributed by atoms with Crippen LogP contribution in [0.2, 0.25) is 0 Å². The third-order valence-electron chi connectivity index (χ3n) is 6.59. The van der Waals surface area contributed by atoms with E-state index in [1.165, 1.54) is 12.3 Å². The van der Waals surface area contributed by atoms with Crippen LogP contribution in [0.3, 0.4) is 0 Å². The molecule has 1 saturated heterocycles. The van der Waals surface area contributed by atoms with Crippen molar-refractivity contribution in [3.63, 3.8) is 0 Å². The number of pyridine rings is 1. The fourth-order valence-corrected chi connectivity index (χ4v) is 4.67. The highest BCUT2D eigenvalue weighted by Gasteiger charge is 2.38. The number of nitrogens with zero attached hydrogens (tertiary/aromatic N) is 2. The van der Waals surface area contributed by atoms with Crippen molar-refractivity contribution in [2.45, 2.75) is 45.3 Å². The first-order valence-corrected chi connectivity index (χ1v) is 12.8. The Bertz CT molecular complexity index is 1350. The lowest BCUT2D eigenvalue weighted by atomic mass is 9.95. The van der Waals surface area contributed by atoms with Crippen molar-refractivity contribution in [1.82, 2.24) is 15.2 Å². The number of aromatic nitrogens is 1. The van der Waals surface area contributed by atoms with Crippen LogP contribution >= 0.6 is 0 Å². The lowest BCUT2D eigenvalue weighted by Crippen LogP contribution is -2.50. The largest absolute Gasteiger partial charge is 0.464 e. The molecule has 1 aromatic heterocycles. The van der Waals surface area contributed by atoms with Gasteiger partial charge in [0, 0.05) is 36.6 Å². The van der Waals surface area contributed by atoms with Gasteiger partial charge in [-0.2, -0.15) is 0 Å². The number of carbonyl (C=O) groups is 3. The van der Waals surface area contributed by atoms with Crippen LogP contribution in [0.1, 0.15) is 48.2 Å². The first-order valence-electron chi connectivity index (χ1n) is 12.8. The number of carbonyl (C=O) groups excluding carboxylic acids is 3. The third-order valence-corrected chi connectivity index (χ3v) is 6.59. The molecule has 2 unspecified atom stereocenters. The standard InChI is InChI=1S/C29H32FN5O4/c1-17(2)12-26-28(37)33-18(3)13-19(7-10-35(26)25-8-11-39-29(25)38)22-14-20(4-5-21(22)15-31)27(36)34-24-6-9-32-16-23(24)30/h4-7,9-10,13-14,16-17,25-26H,3,8,11-12,15,31H2,1-2H3,(H,33,37)(H,32,34,36). The second-order valence-corrected chi connectivity index (χ2v) is 9.88. The maximum Gasteiger partial charge on any atom is 0.328 e. The number of halogens is 1. The Morgan fingerprint density at radius 3 is 2.79 bits per heavy atom. The van der Waals surface area contributed by atoms with Gasteiger partial charge in [0.2, 0.25) is 5.91 Å². The Labute approximate surface area is 226 Å². The Morgan fingerprint density at radius 2 is 2.13 bits per heavy atom. The van der Waals surface area contributed by atoms with Gasteiger partial charge in [0.25, 0.3) is 5.91 Å². The van der Waals surface area contributed by atoms with Crippen molar-refractivity contribution in [3.8, 4) is 0 Å². The van der Waals surface area contributed by atoms with Crippen molar-refractivity contribution in [2.24, 2.45) is 11.7 Å². The highest BCUT2D eigenvalue weighted by atomic mass is 19.1. The monoisotopic (exact) mass is 533 g/mol. The summed E-state index contributed by atoms with van der Waals surface area (Å²) in [6.07, 6.45) is 8.57. The van der Waals surface area contributed by atoms with Gasteiger partial charge in [0.05, 0.1) is 18.5 Å². The molecule has 0 spiro atoms. The van der Waals surface area contributed by atoms with Crippen LogP contribution in [-0.4, -0.2) is 46.4 Å². The van der Waals surface area contributed by atoms with Crippen molar-refractivity contribution in [3.05, 3.63) is 89.8 Å². The lowest BCUT2D eigenvalue weighted by molar-refractivity contribution is -0.143. The van der Waals surface area contributed by atoms with Gasteiger partial charge < -0.3 is 26.0 Å². The number of cyclic esters (lactones) is 1. The topological polar surface area (TPSA) is 127 Å². The van der Waals surface area contributed by atoms with E-state index in [1.54, 1.807) is 41.5 Å².